The second kappa shape index (κ2) is 18.5. The van der Waals surface area contributed by atoms with Crippen LogP contribution < -0.4 is 20.1 Å². The third kappa shape index (κ3) is 10.8. The zero-order chi connectivity index (χ0) is 35.5. The van der Waals surface area contributed by atoms with Crippen molar-refractivity contribution < 1.29 is 69.4 Å². The summed E-state index contributed by atoms with van der Waals surface area (Å²) in [6.07, 6.45) is -9.42. The standard InChI is InChI=1S/C33H46N2O14/c36-16-22-26(40)28(42)30(44)32(48-22)46-20-12-8-18(9-13-20)34-24(38)6-4-2-1-3-5-7-25(39)35-19-10-14-21(15-11-19)47-33-31(45)29(43)27(41)23(17-37)49-33/h8-15,22-23,26-33,36-37,40-45H,1-7,16-17H2,(H,34,38)(H,35,39)/t22-,23-,26+,27+,28+,29+,30-,31-,32-,33-/m1/s1. The zero-order valence-electron chi connectivity index (χ0n) is 26.8. The smallest absolute Gasteiger partial charge is 0.229 e. The van der Waals surface area contributed by atoms with Gasteiger partial charge in [0.1, 0.15) is 60.3 Å². The van der Waals surface area contributed by atoms with Crippen LogP contribution in [0.5, 0.6) is 11.5 Å². The second-order valence-electron chi connectivity index (χ2n) is 12.0. The SMILES string of the molecule is O=C(CCCCCCCC(=O)Nc1ccc(O[C@@H]2O[C@H](CO)[C@H](O)[C@H](O)[C@H]2O)cc1)Nc1ccc(O[C@@H]2O[C@H](CO)[C@H](O)[C@H](O)[C@H]2O)cc1. The summed E-state index contributed by atoms with van der Waals surface area (Å²) >= 11 is 0. The maximum absolute atomic E-state index is 12.4. The van der Waals surface area contributed by atoms with Crippen molar-refractivity contribution in [3.05, 3.63) is 48.5 Å². The lowest BCUT2D eigenvalue weighted by Crippen LogP contribution is -2.60. The Bertz CT molecular complexity index is 1210. The van der Waals surface area contributed by atoms with Gasteiger partial charge < -0.3 is 70.4 Å². The van der Waals surface area contributed by atoms with Gasteiger partial charge in [0.2, 0.25) is 24.4 Å². The first-order chi connectivity index (χ1) is 23.5. The first-order valence-corrected chi connectivity index (χ1v) is 16.2. The van der Waals surface area contributed by atoms with Crippen LogP contribution in [0.1, 0.15) is 44.9 Å². The minimum absolute atomic E-state index is 0.161. The van der Waals surface area contributed by atoms with Gasteiger partial charge in [-0.2, -0.15) is 0 Å². The number of rotatable bonds is 16. The van der Waals surface area contributed by atoms with Crippen LogP contribution in [-0.2, 0) is 19.1 Å². The van der Waals surface area contributed by atoms with Gasteiger partial charge >= 0.3 is 0 Å². The summed E-state index contributed by atoms with van der Waals surface area (Å²) in [5.74, 6) is 0.250. The Balaban J connectivity index is 1.06. The summed E-state index contributed by atoms with van der Waals surface area (Å²) in [6.45, 7) is -1.13. The van der Waals surface area contributed by atoms with E-state index in [1.165, 1.54) is 0 Å². The lowest BCUT2D eigenvalue weighted by atomic mass is 9.99. The van der Waals surface area contributed by atoms with Crippen LogP contribution in [-0.4, -0.2) is 127 Å². The van der Waals surface area contributed by atoms with E-state index in [-0.39, 0.29) is 23.3 Å². The van der Waals surface area contributed by atoms with Gasteiger partial charge in [-0.05, 0) is 61.4 Å². The fourth-order valence-corrected chi connectivity index (χ4v) is 5.38. The normalized spacial score (nSPS) is 30.0. The van der Waals surface area contributed by atoms with Crippen LogP contribution >= 0.6 is 0 Å². The van der Waals surface area contributed by atoms with Crippen molar-refractivity contribution in [2.75, 3.05) is 23.8 Å². The fourth-order valence-electron chi connectivity index (χ4n) is 5.38. The third-order valence-corrected chi connectivity index (χ3v) is 8.29. The van der Waals surface area contributed by atoms with Crippen molar-refractivity contribution in [3.63, 3.8) is 0 Å². The second-order valence-corrected chi connectivity index (χ2v) is 12.0. The van der Waals surface area contributed by atoms with Crippen LogP contribution in [0.2, 0.25) is 0 Å². The summed E-state index contributed by atoms with van der Waals surface area (Å²) in [6, 6.07) is 12.6. The number of ether oxygens (including phenoxy) is 4. The average molecular weight is 695 g/mol. The van der Waals surface area contributed by atoms with Crippen molar-refractivity contribution in [1.29, 1.82) is 0 Å². The van der Waals surface area contributed by atoms with Gasteiger partial charge in [-0.3, -0.25) is 9.59 Å². The molecule has 10 N–H and O–H groups in total. The van der Waals surface area contributed by atoms with Gasteiger partial charge in [-0.1, -0.05) is 19.3 Å². The highest BCUT2D eigenvalue weighted by Crippen LogP contribution is 2.27. The van der Waals surface area contributed by atoms with Crippen LogP contribution in [0.25, 0.3) is 0 Å². The zero-order valence-corrected chi connectivity index (χ0v) is 26.8. The van der Waals surface area contributed by atoms with Crippen LogP contribution in [0, 0.1) is 0 Å². The highest BCUT2D eigenvalue weighted by Gasteiger charge is 2.45. The number of nitrogens with one attached hydrogen (secondary N) is 2. The topological polar surface area (TPSA) is 257 Å². The molecule has 0 unspecified atom stereocenters. The molecule has 0 bridgehead atoms. The van der Waals surface area contributed by atoms with E-state index in [0.717, 1.165) is 19.3 Å². The Morgan fingerprint density at radius 2 is 0.878 bits per heavy atom. The molecule has 2 aliphatic heterocycles. The van der Waals surface area contributed by atoms with E-state index in [2.05, 4.69) is 10.6 Å². The molecule has 0 spiro atoms. The molecule has 2 amide bonds. The number of hydrogen-bond acceptors (Lipinski definition) is 14. The Kier molecular flexibility index (Phi) is 14.5. The molecule has 2 fully saturated rings. The van der Waals surface area contributed by atoms with Crippen LogP contribution in [0.3, 0.4) is 0 Å². The molecule has 0 aromatic heterocycles. The summed E-state index contributed by atoms with van der Waals surface area (Å²) in [5, 5.41) is 84.0. The Hall–Kier alpha value is -3.42. The highest BCUT2D eigenvalue weighted by molar-refractivity contribution is 5.91. The predicted octanol–water partition coefficient (Wildman–Crippen LogP) is -0.648. The summed E-state index contributed by atoms with van der Waals surface area (Å²) in [7, 11) is 0. The van der Waals surface area contributed by atoms with E-state index in [1.54, 1.807) is 48.5 Å². The number of carbonyl (C=O) groups excluding carboxylic acids is 2. The van der Waals surface area contributed by atoms with Gasteiger partial charge in [0.15, 0.2) is 0 Å². The van der Waals surface area contributed by atoms with Gasteiger partial charge in [-0.25, -0.2) is 0 Å². The lowest BCUT2D eigenvalue weighted by molar-refractivity contribution is -0.277. The molecule has 2 heterocycles. The van der Waals surface area contributed by atoms with Crippen molar-refractivity contribution in [1.82, 2.24) is 0 Å². The third-order valence-electron chi connectivity index (χ3n) is 8.29. The number of aliphatic hydroxyl groups is 8. The summed E-state index contributed by atoms with van der Waals surface area (Å²) < 4.78 is 21.8. The predicted molar refractivity (Wildman–Crippen MR) is 171 cm³/mol. The Morgan fingerprint density at radius 1 is 0.531 bits per heavy atom. The van der Waals surface area contributed by atoms with Crippen molar-refractivity contribution >= 4 is 23.2 Å². The molecule has 0 aliphatic carbocycles. The molecule has 2 aromatic carbocycles. The quantitative estimate of drug-likeness (QED) is 0.0981. The summed E-state index contributed by atoms with van der Waals surface area (Å²) in [4.78, 5) is 24.7. The van der Waals surface area contributed by atoms with Gasteiger partial charge in [0, 0.05) is 24.2 Å². The van der Waals surface area contributed by atoms with E-state index >= 15 is 0 Å². The Labute approximate surface area is 282 Å². The number of aliphatic hydroxyl groups excluding tert-OH is 8. The first kappa shape index (κ1) is 38.4. The van der Waals surface area contributed by atoms with Crippen molar-refractivity contribution in [2.24, 2.45) is 0 Å². The summed E-state index contributed by atoms with van der Waals surface area (Å²) in [5.41, 5.74) is 1.07. The van der Waals surface area contributed by atoms with E-state index < -0.39 is 74.6 Å². The largest absolute Gasteiger partial charge is 0.462 e. The van der Waals surface area contributed by atoms with Crippen molar-refractivity contribution in [3.8, 4) is 11.5 Å². The average Bonchev–Trinajstić information content (AvgIpc) is 3.09. The molecule has 2 saturated heterocycles. The lowest BCUT2D eigenvalue weighted by Gasteiger charge is -2.39. The van der Waals surface area contributed by atoms with Crippen LogP contribution in [0.4, 0.5) is 11.4 Å². The molecule has 2 aliphatic rings. The monoisotopic (exact) mass is 694 g/mol. The minimum atomic E-state index is -1.55. The molecule has 0 radical (unpaired) electrons. The highest BCUT2D eigenvalue weighted by atomic mass is 16.7. The van der Waals surface area contributed by atoms with Gasteiger partial charge in [0.25, 0.3) is 0 Å². The van der Waals surface area contributed by atoms with Crippen LogP contribution in [0.15, 0.2) is 48.5 Å². The Morgan fingerprint density at radius 3 is 1.22 bits per heavy atom. The number of amides is 2. The molecule has 0 saturated carbocycles. The molecular formula is C33H46N2O14. The van der Waals surface area contributed by atoms with E-state index in [1.807, 2.05) is 0 Å². The molecule has 2 aromatic rings. The molecule has 49 heavy (non-hydrogen) atoms. The molecule has 16 nitrogen and oxygen atoms in total. The molecular weight excluding hydrogens is 648 g/mol. The maximum Gasteiger partial charge on any atom is 0.229 e. The maximum atomic E-state index is 12.4. The number of carbonyl (C=O) groups is 2. The van der Waals surface area contributed by atoms with E-state index in [9.17, 15) is 50.4 Å². The molecule has 10 atom stereocenters. The molecule has 272 valence electrons. The van der Waals surface area contributed by atoms with E-state index in [0.29, 0.717) is 37.1 Å². The number of unbranched alkanes of at least 4 members (excludes halogenated alkanes) is 4. The van der Waals surface area contributed by atoms with Crippen molar-refractivity contribution in [2.45, 2.75) is 106 Å². The molecule has 4 rings (SSSR count). The number of benzene rings is 2. The van der Waals surface area contributed by atoms with Gasteiger partial charge in [-0.15, -0.1) is 0 Å². The number of hydrogen-bond donors (Lipinski definition) is 10. The van der Waals surface area contributed by atoms with E-state index in [4.69, 9.17) is 18.9 Å². The molecule has 16 heteroatoms. The fraction of sp³-hybridized carbons (Fsp3) is 0.576. The number of anilines is 2. The van der Waals surface area contributed by atoms with Gasteiger partial charge in [0.05, 0.1) is 13.2 Å². The first-order valence-electron chi connectivity index (χ1n) is 16.2. The minimum Gasteiger partial charge on any atom is -0.462 e.